The number of aromatic nitrogens is 5. The average molecular weight is 419 g/mol. The van der Waals surface area contributed by atoms with Gasteiger partial charge in [-0.25, -0.2) is 9.97 Å². The first-order valence-corrected chi connectivity index (χ1v) is 10.6. The van der Waals surface area contributed by atoms with Crippen molar-refractivity contribution in [3.63, 3.8) is 0 Å². The minimum absolute atomic E-state index is 0.0709. The van der Waals surface area contributed by atoms with Crippen LogP contribution < -0.4 is 10.9 Å². The zero-order valence-corrected chi connectivity index (χ0v) is 18.1. The molecule has 1 aromatic carbocycles. The zero-order chi connectivity index (χ0) is 21.9. The molecule has 8 heteroatoms. The molecule has 1 aliphatic heterocycles. The van der Waals surface area contributed by atoms with Crippen LogP contribution in [-0.4, -0.2) is 41.5 Å². The molecule has 0 aliphatic carbocycles. The number of pyridine rings is 1. The molecule has 2 unspecified atom stereocenters. The number of nitrogens with zero attached hydrogens (tertiary/aromatic N) is 5. The van der Waals surface area contributed by atoms with Gasteiger partial charge in [-0.05, 0) is 45.7 Å². The average Bonchev–Trinajstić information content (AvgIpc) is 3.10. The number of aryl methyl sites for hydroxylation is 2. The Kier molecular flexibility index (Phi) is 4.55. The van der Waals surface area contributed by atoms with Crippen molar-refractivity contribution in [3.05, 3.63) is 46.6 Å². The third kappa shape index (κ3) is 3.27. The fourth-order valence-electron chi connectivity index (χ4n) is 4.84. The highest BCUT2D eigenvalue weighted by Crippen LogP contribution is 2.35. The number of piperidine rings is 1. The Labute approximate surface area is 179 Å². The molecule has 0 saturated carbocycles. The van der Waals surface area contributed by atoms with E-state index in [-0.39, 0.29) is 17.4 Å². The maximum atomic E-state index is 13.2. The van der Waals surface area contributed by atoms with Crippen LogP contribution >= 0.6 is 0 Å². The molecule has 8 nitrogen and oxygen atoms in total. The zero-order valence-electron chi connectivity index (χ0n) is 18.1. The van der Waals surface area contributed by atoms with Crippen molar-refractivity contribution in [3.8, 4) is 17.1 Å². The van der Waals surface area contributed by atoms with Crippen LogP contribution in [0.15, 0.2) is 35.5 Å². The number of nitrogens with one attached hydrogen (secondary N) is 1. The Hall–Kier alpha value is -3.26. The van der Waals surface area contributed by atoms with Crippen molar-refractivity contribution in [1.82, 2.24) is 29.6 Å². The first-order valence-electron chi connectivity index (χ1n) is 10.6. The summed E-state index contributed by atoms with van der Waals surface area (Å²) in [5.41, 5.74) is 2.47. The molecule has 0 bridgehead atoms. The van der Waals surface area contributed by atoms with Gasteiger partial charge in [-0.2, -0.15) is 5.10 Å². The van der Waals surface area contributed by atoms with Crippen molar-refractivity contribution in [2.24, 2.45) is 7.05 Å². The number of benzene rings is 1. The van der Waals surface area contributed by atoms with Crippen LogP contribution in [0.4, 0.5) is 0 Å². The molecule has 5 rings (SSSR count). The van der Waals surface area contributed by atoms with Gasteiger partial charge in [0.15, 0.2) is 5.82 Å². The number of hydrogen-bond donors (Lipinski definition) is 2. The van der Waals surface area contributed by atoms with E-state index < -0.39 is 0 Å². The summed E-state index contributed by atoms with van der Waals surface area (Å²) in [7, 11) is 1.84. The molecule has 4 aromatic rings. The Bertz CT molecular complexity index is 1360. The smallest absolute Gasteiger partial charge is 0.261 e. The maximum Gasteiger partial charge on any atom is 0.261 e. The van der Waals surface area contributed by atoms with Gasteiger partial charge < -0.3 is 15.0 Å². The predicted octanol–water partition coefficient (Wildman–Crippen LogP) is 3.06. The number of phenols is 1. The highest BCUT2D eigenvalue weighted by Gasteiger charge is 2.25. The van der Waals surface area contributed by atoms with Gasteiger partial charge in [-0.1, -0.05) is 0 Å². The number of aromatic hydroxyl groups is 1. The van der Waals surface area contributed by atoms with Gasteiger partial charge in [0.25, 0.3) is 5.56 Å². The van der Waals surface area contributed by atoms with E-state index in [4.69, 9.17) is 0 Å². The SMILES string of the molecule is Cc1c(O)c(-c2ncc3c(=O)n(C4CC(C)NC(C)C4)ccc3n2)cc2cn(C)nc12. The van der Waals surface area contributed by atoms with Crippen molar-refractivity contribution < 1.29 is 5.11 Å². The topological polar surface area (TPSA) is 97.9 Å². The van der Waals surface area contributed by atoms with Gasteiger partial charge in [-0.15, -0.1) is 0 Å². The van der Waals surface area contributed by atoms with Crippen molar-refractivity contribution in [1.29, 1.82) is 0 Å². The summed E-state index contributed by atoms with van der Waals surface area (Å²) in [6, 6.07) is 4.59. The summed E-state index contributed by atoms with van der Waals surface area (Å²) in [6.45, 7) is 6.13. The van der Waals surface area contributed by atoms with E-state index in [0.717, 1.165) is 23.7 Å². The molecule has 4 heterocycles. The van der Waals surface area contributed by atoms with Crippen LogP contribution in [0.2, 0.25) is 0 Å². The maximum absolute atomic E-state index is 13.2. The number of rotatable bonds is 2. The minimum Gasteiger partial charge on any atom is -0.507 e. The van der Waals surface area contributed by atoms with Crippen LogP contribution in [0.25, 0.3) is 33.2 Å². The molecule has 3 aromatic heterocycles. The van der Waals surface area contributed by atoms with Crippen molar-refractivity contribution >= 4 is 21.8 Å². The molecule has 2 atom stereocenters. The Morgan fingerprint density at radius 3 is 2.71 bits per heavy atom. The third-order valence-electron chi connectivity index (χ3n) is 6.25. The molecular weight excluding hydrogens is 392 g/mol. The van der Waals surface area contributed by atoms with E-state index in [2.05, 4.69) is 34.2 Å². The molecule has 0 spiro atoms. The molecule has 1 saturated heterocycles. The minimum atomic E-state index is -0.0709. The van der Waals surface area contributed by atoms with Crippen LogP contribution in [0.3, 0.4) is 0 Å². The quantitative estimate of drug-likeness (QED) is 0.519. The van der Waals surface area contributed by atoms with Crippen LogP contribution in [-0.2, 0) is 7.05 Å². The summed E-state index contributed by atoms with van der Waals surface area (Å²) in [5, 5.41) is 20.1. The molecule has 160 valence electrons. The molecule has 2 N–H and O–H groups in total. The highest BCUT2D eigenvalue weighted by molar-refractivity contribution is 5.90. The fraction of sp³-hybridized carbons (Fsp3) is 0.391. The summed E-state index contributed by atoms with van der Waals surface area (Å²) < 4.78 is 3.54. The lowest BCUT2D eigenvalue weighted by atomic mass is 9.95. The van der Waals surface area contributed by atoms with Crippen molar-refractivity contribution in [2.45, 2.75) is 51.7 Å². The first kappa shape index (κ1) is 19.7. The molecular formula is C23H26N6O2. The lowest BCUT2D eigenvalue weighted by Crippen LogP contribution is -2.44. The van der Waals surface area contributed by atoms with E-state index >= 15 is 0 Å². The van der Waals surface area contributed by atoms with Gasteiger partial charge in [0, 0.05) is 54.7 Å². The van der Waals surface area contributed by atoms with Crippen LogP contribution in [0.1, 0.15) is 38.3 Å². The summed E-state index contributed by atoms with van der Waals surface area (Å²) in [6.07, 6.45) is 7.13. The Balaban J connectivity index is 1.60. The summed E-state index contributed by atoms with van der Waals surface area (Å²) in [5.74, 6) is 0.497. The fourth-order valence-corrected chi connectivity index (χ4v) is 4.84. The number of phenolic OH excluding ortho intramolecular Hbond substituents is 1. The van der Waals surface area contributed by atoms with E-state index in [9.17, 15) is 9.90 Å². The number of fused-ring (bicyclic) bond motifs is 2. The van der Waals surface area contributed by atoms with E-state index in [0.29, 0.717) is 39.9 Å². The highest BCUT2D eigenvalue weighted by atomic mass is 16.3. The Morgan fingerprint density at radius 1 is 1.23 bits per heavy atom. The summed E-state index contributed by atoms with van der Waals surface area (Å²) in [4.78, 5) is 22.2. The predicted molar refractivity (Wildman–Crippen MR) is 120 cm³/mol. The molecule has 1 aliphatic rings. The second-order valence-corrected chi connectivity index (χ2v) is 8.75. The normalized spacial score (nSPS) is 21.7. The standard InChI is InChI=1S/C23H26N6O2/c1-12-7-16(8-13(2)25-12)29-6-5-19-18(23(29)31)10-24-22(26-19)17-9-15-11-28(4)27-20(15)14(3)21(17)30/h5-6,9-13,16,25,30H,7-8H2,1-4H3. The van der Waals surface area contributed by atoms with Gasteiger partial charge >= 0.3 is 0 Å². The third-order valence-corrected chi connectivity index (χ3v) is 6.25. The van der Waals surface area contributed by atoms with Gasteiger partial charge in [0.05, 0.1) is 22.0 Å². The first-order chi connectivity index (χ1) is 14.8. The lowest BCUT2D eigenvalue weighted by molar-refractivity contribution is 0.260. The molecule has 31 heavy (non-hydrogen) atoms. The van der Waals surface area contributed by atoms with Crippen LogP contribution in [0.5, 0.6) is 5.75 Å². The van der Waals surface area contributed by atoms with Crippen LogP contribution in [0, 0.1) is 6.92 Å². The summed E-state index contributed by atoms with van der Waals surface area (Å²) >= 11 is 0. The second kappa shape index (κ2) is 7.16. The lowest BCUT2D eigenvalue weighted by Gasteiger charge is -2.34. The molecule has 1 fully saturated rings. The van der Waals surface area contributed by atoms with E-state index in [1.165, 1.54) is 0 Å². The van der Waals surface area contributed by atoms with Gasteiger partial charge in [0.2, 0.25) is 0 Å². The second-order valence-electron chi connectivity index (χ2n) is 8.75. The Morgan fingerprint density at radius 2 is 1.97 bits per heavy atom. The van der Waals surface area contributed by atoms with Gasteiger partial charge in [0.1, 0.15) is 5.75 Å². The van der Waals surface area contributed by atoms with E-state index in [1.54, 1.807) is 10.9 Å². The molecule has 0 amide bonds. The monoisotopic (exact) mass is 418 g/mol. The largest absolute Gasteiger partial charge is 0.507 e. The van der Waals surface area contributed by atoms with Crippen molar-refractivity contribution in [2.75, 3.05) is 0 Å². The number of hydrogen-bond acceptors (Lipinski definition) is 6. The van der Waals surface area contributed by atoms with E-state index in [1.807, 2.05) is 43.1 Å². The van der Waals surface area contributed by atoms with Gasteiger partial charge in [-0.3, -0.25) is 9.48 Å². The molecule has 0 radical (unpaired) electrons.